The predicted octanol–water partition coefficient (Wildman–Crippen LogP) is 3.77. The number of rotatable bonds is 0. The van der Waals surface area contributed by atoms with Gasteiger partial charge in [0, 0.05) is 5.57 Å². The van der Waals surface area contributed by atoms with E-state index in [2.05, 4.69) is 0 Å². The molecule has 1 aromatic rings. The third kappa shape index (κ3) is 1.54. The number of fused-ring (bicyclic) bond motifs is 1. The van der Waals surface area contributed by atoms with Crippen LogP contribution in [0.15, 0.2) is 24.3 Å². The normalized spacial score (nSPS) is 15.2. The summed E-state index contributed by atoms with van der Waals surface area (Å²) in [6.45, 7) is 0. The van der Waals surface area contributed by atoms with E-state index < -0.39 is 6.08 Å². The van der Waals surface area contributed by atoms with Crippen molar-refractivity contribution in [3.05, 3.63) is 41.2 Å². The van der Waals surface area contributed by atoms with Gasteiger partial charge in [0.05, 0.1) is 0 Å². The van der Waals surface area contributed by atoms with E-state index in [1.165, 1.54) is 18.2 Å². The van der Waals surface area contributed by atoms with E-state index >= 15 is 0 Å². The molecule has 1 aliphatic rings. The van der Waals surface area contributed by atoms with E-state index in [0.29, 0.717) is 30.4 Å². The van der Waals surface area contributed by atoms with Crippen LogP contribution in [0, 0.1) is 5.82 Å². The average molecular weight is 198 g/mol. The zero-order chi connectivity index (χ0) is 10.1. The summed E-state index contributed by atoms with van der Waals surface area (Å²) < 4.78 is 37.8. The molecular formula is C11H9F3. The van der Waals surface area contributed by atoms with Crippen molar-refractivity contribution in [2.24, 2.45) is 0 Å². The van der Waals surface area contributed by atoms with Gasteiger partial charge in [-0.2, -0.15) is 8.78 Å². The fraction of sp³-hybridized carbons (Fsp3) is 0.273. The van der Waals surface area contributed by atoms with E-state index in [0.717, 1.165) is 0 Å². The first-order valence-electron chi connectivity index (χ1n) is 4.51. The van der Waals surface area contributed by atoms with Gasteiger partial charge in [0.25, 0.3) is 6.08 Å². The average Bonchev–Trinajstić information content (AvgIpc) is 2.16. The van der Waals surface area contributed by atoms with Gasteiger partial charge in [-0.05, 0) is 42.5 Å². The molecule has 0 radical (unpaired) electrons. The number of allylic oxidation sites excluding steroid dienone is 1. The summed E-state index contributed by atoms with van der Waals surface area (Å²) in [5.74, 6) is -0.357. The van der Waals surface area contributed by atoms with Crippen LogP contribution in [0.1, 0.15) is 24.0 Å². The second kappa shape index (κ2) is 3.48. The smallest absolute Gasteiger partial charge is 0.207 e. The molecule has 3 heteroatoms. The van der Waals surface area contributed by atoms with Crippen LogP contribution in [0.2, 0.25) is 0 Å². The van der Waals surface area contributed by atoms with Crippen molar-refractivity contribution in [2.75, 3.05) is 0 Å². The Bertz CT molecular complexity index is 390. The van der Waals surface area contributed by atoms with Gasteiger partial charge in [0.15, 0.2) is 0 Å². The van der Waals surface area contributed by atoms with Crippen LogP contribution >= 0.6 is 0 Å². The Morgan fingerprint density at radius 2 is 1.93 bits per heavy atom. The molecule has 0 spiro atoms. The lowest BCUT2D eigenvalue weighted by molar-refractivity contribution is 0.421. The van der Waals surface area contributed by atoms with Crippen LogP contribution in [0.3, 0.4) is 0 Å². The number of halogens is 3. The molecule has 2 rings (SSSR count). The topological polar surface area (TPSA) is 0 Å². The fourth-order valence-corrected chi connectivity index (χ4v) is 1.85. The molecule has 0 nitrogen and oxygen atoms in total. The summed E-state index contributed by atoms with van der Waals surface area (Å²) in [5.41, 5.74) is 1.28. The Hall–Kier alpha value is -1.25. The van der Waals surface area contributed by atoms with Crippen molar-refractivity contribution in [2.45, 2.75) is 19.3 Å². The van der Waals surface area contributed by atoms with Crippen LogP contribution in [0.4, 0.5) is 13.2 Å². The Labute approximate surface area is 80.1 Å². The summed E-state index contributed by atoms with van der Waals surface area (Å²) in [4.78, 5) is 0. The summed E-state index contributed by atoms with van der Waals surface area (Å²) in [6.07, 6.45) is 0.103. The zero-order valence-corrected chi connectivity index (χ0v) is 7.49. The molecule has 1 aliphatic carbocycles. The van der Waals surface area contributed by atoms with Crippen LogP contribution in [-0.4, -0.2) is 0 Å². The lowest BCUT2D eigenvalue weighted by atomic mass is 9.88. The Morgan fingerprint density at radius 1 is 1.14 bits per heavy atom. The molecule has 0 aromatic heterocycles. The minimum Gasteiger partial charge on any atom is -0.207 e. The fourth-order valence-electron chi connectivity index (χ4n) is 1.85. The summed E-state index contributed by atoms with van der Waals surface area (Å²) >= 11 is 0. The van der Waals surface area contributed by atoms with Gasteiger partial charge in [-0.15, -0.1) is 0 Å². The number of hydrogen-bond donors (Lipinski definition) is 0. The van der Waals surface area contributed by atoms with Gasteiger partial charge in [0.2, 0.25) is 0 Å². The largest absolute Gasteiger partial charge is 0.274 e. The van der Waals surface area contributed by atoms with Crippen molar-refractivity contribution in [3.63, 3.8) is 0 Å². The molecule has 0 heterocycles. The molecule has 0 amide bonds. The lowest BCUT2D eigenvalue weighted by Gasteiger charge is -2.17. The first kappa shape index (κ1) is 9.31. The van der Waals surface area contributed by atoms with Crippen LogP contribution < -0.4 is 0 Å². The number of hydrogen-bond acceptors (Lipinski definition) is 0. The number of aryl methyl sites for hydroxylation is 1. The highest BCUT2D eigenvalue weighted by atomic mass is 19.3. The van der Waals surface area contributed by atoms with E-state index in [-0.39, 0.29) is 11.4 Å². The highest BCUT2D eigenvalue weighted by Gasteiger charge is 2.18. The monoisotopic (exact) mass is 198 g/mol. The Kier molecular flexibility index (Phi) is 2.32. The first-order valence-corrected chi connectivity index (χ1v) is 4.51. The van der Waals surface area contributed by atoms with Gasteiger partial charge < -0.3 is 0 Å². The maximum absolute atomic E-state index is 12.8. The molecule has 0 bridgehead atoms. The maximum atomic E-state index is 12.8. The van der Waals surface area contributed by atoms with Crippen LogP contribution in [0.5, 0.6) is 0 Å². The van der Waals surface area contributed by atoms with Gasteiger partial charge in [0.1, 0.15) is 5.82 Å². The maximum Gasteiger partial charge on any atom is 0.274 e. The van der Waals surface area contributed by atoms with Crippen molar-refractivity contribution >= 4 is 5.57 Å². The SMILES string of the molecule is FC(F)=C1CCCc2cc(F)ccc21. The molecule has 0 unspecified atom stereocenters. The molecule has 0 atom stereocenters. The van der Waals surface area contributed by atoms with Crippen LogP contribution in [0.25, 0.3) is 5.57 Å². The van der Waals surface area contributed by atoms with Crippen molar-refractivity contribution in [1.82, 2.24) is 0 Å². The Balaban J connectivity index is 2.56. The molecule has 0 fully saturated rings. The first-order chi connectivity index (χ1) is 6.68. The second-order valence-electron chi connectivity index (χ2n) is 3.39. The molecule has 0 saturated heterocycles. The summed E-state index contributed by atoms with van der Waals surface area (Å²) in [5, 5.41) is 0. The van der Waals surface area contributed by atoms with Gasteiger partial charge in [-0.3, -0.25) is 0 Å². The highest BCUT2D eigenvalue weighted by molar-refractivity contribution is 5.70. The van der Waals surface area contributed by atoms with E-state index in [4.69, 9.17) is 0 Å². The molecule has 1 aromatic carbocycles. The van der Waals surface area contributed by atoms with Gasteiger partial charge >= 0.3 is 0 Å². The van der Waals surface area contributed by atoms with Gasteiger partial charge in [-0.25, -0.2) is 4.39 Å². The van der Waals surface area contributed by atoms with Crippen molar-refractivity contribution < 1.29 is 13.2 Å². The minimum absolute atomic E-state index is 0.0752. The molecule has 74 valence electrons. The summed E-state index contributed by atoms with van der Waals surface area (Å²) in [7, 11) is 0. The van der Waals surface area contributed by atoms with Gasteiger partial charge in [-0.1, -0.05) is 6.07 Å². The van der Waals surface area contributed by atoms with Crippen LogP contribution in [-0.2, 0) is 6.42 Å². The molecule has 0 aliphatic heterocycles. The standard InChI is InChI=1S/C11H9F3/c12-8-4-5-9-7(6-8)2-1-3-10(9)11(13)14/h4-6H,1-3H2. The third-order valence-corrected chi connectivity index (χ3v) is 2.49. The van der Waals surface area contributed by atoms with Crippen molar-refractivity contribution in [3.8, 4) is 0 Å². The lowest BCUT2D eigenvalue weighted by Crippen LogP contribution is -2.02. The van der Waals surface area contributed by atoms with Crippen molar-refractivity contribution in [1.29, 1.82) is 0 Å². The molecular weight excluding hydrogens is 189 g/mol. The molecule has 0 saturated carbocycles. The zero-order valence-electron chi connectivity index (χ0n) is 7.49. The highest BCUT2D eigenvalue weighted by Crippen LogP contribution is 2.34. The molecule has 0 N–H and O–H groups in total. The second-order valence-corrected chi connectivity index (χ2v) is 3.39. The van der Waals surface area contributed by atoms with E-state index in [9.17, 15) is 13.2 Å². The quantitative estimate of drug-likeness (QED) is 0.595. The third-order valence-electron chi connectivity index (χ3n) is 2.49. The predicted molar refractivity (Wildman–Crippen MR) is 48.5 cm³/mol. The van der Waals surface area contributed by atoms with E-state index in [1.54, 1.807) is 0 Å². The summed E-state index contributed by atoms with van der Waals surface area (Å²) in [6, 6.07) is 4.02. The molecule has 14 heavy (non-hydrogen) atoms. The minimum atomic E-state index is -1.64. The Morgan fingerprint density at radius 3 is 2.64 bits per heavy atom. The number of benzene rings is 1. The van der Waals surface area contributed by atoms with E-state index in [1.807, 2.05) is 0 Å².